The highest BCUT2D eigenvalue weighted by molar-refractivity contribution is 7.80. The van der Waals surface area contributed by atoms with E-state index in [4.69, 9.17) is 32.0 Å². The van der Waals surface area contributed by atoms with Crippen molar-refractivity contribution in [2.75, 3.05) is 18.4 Å². The number of thiocarbonyl (C=S) groups is 1. The van der Waals surface area contributed by atoms with Gasteiger partial charge in [0.15, 0.2) is 5.11 Å². The molecule has 146 valence electrons. The van der Waals surface area contributed by atoms with Crippen molar-refractivity contribution in [1.29, 1.82) is 0 Å². The van der Waals surface area contributed by atoms with E-state index in [2.05, 4.69) is 68.8 Å². The minimum atomic E-state index is -1.82. The Morgan fingerprint density at radius 2 is 1.62 bits per heavy atom. The van der Waals surface area contributed by atoms with Crippen LogP contribution in [0.3, 0.4) is 0 Å². The molecule has 0 saturated carbocycles. The van der Waals surface area contributed by atoms with Gasteiger partial charge in [0.05, 0.1) is 0 Å². The highest BCUT2D eigenvalue weighted by Gasteiger charge is 2.07. The average molecular weight is 384 g/mol. The number of hydrogen-bond donors (Lipinski definition) is 5. The molecule has 0 aliphatic heterocycles. The number of carboxylic acids is 2. The van der Waals surface area contributed by atoms with Crippen LogP contribution >= 0.6 is 12.2 Å². The molecule has 0 spiro atoms. The van der Waals surface area contributed by atoms with E-state index < -0.39 is 11.9 Å². The van der Waals surface area contributed by atoms with Crippen molar-refractivity contribution in [3.8, 4) is 0 Å². The van der Waals surface area contributed by atoms with Crippen LogP contribution in [-0.4, -0.2) is 45.9 Å². The van der Waals surface area contributed by atoms with E-state index in [1.54, 1.807) is 0 Å². The highest BCUT2D eigenvalue weighted by Crippen LogP contribution is 2.13. The number of carboxylic acid groups (broad SMARTS) is 2. The molecule has 1 aromatic rings. The maximum Gasteiger partial charge on any atom is 0.414 e. The van der Waals surface area contributed by atoms with Gasteiger partial charge < -0.3 is 26.2 Å². The van der Waals surface area contributed by atoms with Crippen molar-refractivity contribution in [3.05, 3.63) is 29.3 Å². The highest BCUT2D eigenvalue weighted by atomic mass is 32.1. The Labute approximate surface area is 160 Å². The Morgan fingerprint density at radius 1 is 1.04 bits per heavy atom. The summed E-state index contributed by atoms with van der Waals surface area (Å²) in [6.45, 7) is 12.6. The summed E-state index contributed by atoms with van der Waals surface area (Å²) in [6.07, 6.45) is 1.05. The smallest absolute Gasteiger partial charge is 0.414 e. The quantitative estimate of drug-likeness (QED) is 0.300. The van der Waals surface area contributed by atoms with Gasteiger partial charge in [-0.15, -0.1) is 0 Å². The Hall–Kier alpha value is -2.19. The second kappa shape index (κ2) is 11.4. The number of carbonyl (C=O) groups is 2. The molecule has 26 heavy (non-hydrogen) atoms. The Balaban J connectivity index is 0.000000896. The summed E-state index contributed by atoms with van der Waals surface area (Å²) in [5, 5.41) is 25.4. The molecule has 0 aliphatic rings. The molecule has 5 N–H and O–H groups in total. The van der Waals surface area contributed by atoms with E-state index in [-0.39, 0.29) is 5.54 Å². The van der Waals surface area contributed by atoms with Crippen LogP contribution in [0.2, 0.25) is 0 Å². The lowest BCUT2D eigenvalue weighted by molar-refractivity contribution is -0.159. The molecule has 0 heterocycles. The third-order valence-electron chi connectivity index (χ3n) is 3.24. The number of hydrogen-bond acceptors (Lipinski definition) is 4. The van der Waals surface area contributed by atoms with Gasteiger partial charge in [-0.2, -0.15) is 0 Å². The first kappa shape index (κ1) is 23.8. The maximum absolute atomic E-state index is 9.10. The topological polar surface area (TPSA) is 111 Å². The van der Waals surface area contributed by atoms with Gasteiger partial charge >= 0.3 is 11.9 Å². The maximum atomic E-state index is 9.10. The van der Waals surface area contributed by atoms with E-state index in [1.807, 2.05) is 0 Å². The summed E-state index contributed by atoms with van der Waals surface area (Å²) in [4.78, 5) is 18.2. The number of anilines is 1. The molecule has 7 nitrogen and oxygen atoms in total. The average Bonchev–Trinajstić information content (AvgIpc) is 2.50. The molecular formula is C18H29N3O4S. The molecule has 0 bridgehead atoms. The first-order valence-corrected chi connectivity index (χ1v) is 8.66. The first-order valence-electron chi connectivity index (χ1n) is 8.25. The zero-order valence-electron chi connectivity index (χ0n) is 16.0. The normalized spacial score (nSPS) is 10.3. The van der Waals surface area contributed by atoms with Crippen LogP contribution in [0.5, 0.6) is 0 Å². The Bertz CT molecular complexity index is 615. The van der Waals surface area contributed by atoms with Gasteiger partial charge in [0.25, 0.3) is 0 Å². The van der Waals surface area contributed by atoms with Gasteiger partial charge in [-0.3, -0.25) is 0 Å². The number of benzene rings is 1. The summed E-state index contributed by atoms with van der Waals surface area (Å²) in [5.74, 6) is -3.65. The molecule has 1 aromatic carbocycles. The van der Waals surface area contributed by atoms with E-state index in [9.17, 15) is 0 Å². The fraction of sp³-hybridized carbons (Fsp3) is 0.500. The summed E-state index contributed by atoms with van der Waals surface area (Å²) in [7, 11) is 0. The lowest BCUT2D eigenvalue weighted by Gasteiger charge is -2.20. The number of aliphatic carboxylic acids is 2. The van der Waals surface area contributed by atoms with Crippen LogP contribution in [0.1, 0.15) is 38.3 Å². The van der Waals surface area contributed by atoms with Crippen molar-refractivity contribution < 1.29 is 19.8 Å². The molecule has 0 saturated heterocycles. The molecular weight excluding hydrogens is 354 g/mol. The SMILES string of the molecule is Cc1ccc(NC(=S)NCCCNC(C)(C)C)cc1C.O=C(O)C(=O)O. The van der Waals surface area contributed by atoms with E-state index in [0.717, 1.165) is 25.2 Å². The van der Waals surface area contributed by atoms with Crippen molar-refractivity contribution in [3.63, 3.8) is 0 Å². The van der Waals surface area contributed by atoms with Crippen molar-refractivity contribution in [2.24, 2.45) is 0 Å². The summed E-state index contributed by atoms with van der Waals surface area (Å²) in [5.41, 5.74) is 3.78. The molecule has 8 heteroatoms. The Morgan fingerprint density at radius 3 is 2.08 bits per heavy atom. The molecule has 0 aromatic heterocycles. The first-order chi connectivity index (χ1) is 11.9. The standard InChI is InChI=1S/C16H27N3S.C2H2O4/c1-12-7-8-14(11-13(12)2)19-15(20)17-9-6-10-18-16(3,4)5;3-1(4)2(5)6/h7-8,11,18H,6,9-10H2,1-5H3,(H2,17,19,20);(H,3,4)(H,5,6). The van der Waals surface area contributed by atoms with Gasteiger partial charge in [0.1, 0.15) is 0 Å². The van der Waals surface area contributed by atoms with Crippen LogP contribution in [0.25, 0.3) is 0 Å². The second-order valence-electron chi connectivity index (χ2n) is 6.82. The Kier molecular flexibility index (Phi) is 10.5. The van der Waals surface area contributed by atoms with Crippen LogP contribution in [0.15, 0.2) is 18.2 Å². The van der Waals surface area contributed by atoms with Crippen molar-refractivity contribution in [1.82, 2.24) is 10.6 Å². The fourth-order valence-electron chi connectivity index (χ4n) is 1.75. The predicted molar refractivity (Wildman–Crippen MR) is 108 cm³/mol. The lowest BCUT2D eigenvalue weighted by atomic mass is 10.1. The summed E-state index contributed by atoms with van der Waals surface area (Å²) < 4.78 is 0. The zero-order chi connectivity index (χ0) is 20.3. The van der Waals surface area contributed by atoms with Crippen LogP contribution < -0.4 is 16.0 Å². The summed E-state index contributed by atoms with van der Waals surface area (Å²) in [6, 6.07) is 6.27. The van der Waals surface area contributed by atoms with Gasteiger partial charge in [-0.05, 0) is 83.1 Å². The van der Waals surface area contributed by atoms with Crippen molar-refractivity contribution in [2.45, 2.75) is 46.6 Å². The fourth-order valence-corrected chi connectivity index (χ4v) is 1.97. The van der Waals surface area contributed by atoms with Crippen LogP contribution in [-0.2, 0) is 9.59 Å². The van der Waals surface area contributed by atoms with E-state index in [1.165, 1.54) is 11.1 Å². The van der Waals surface area contributed by atoms with Crippen LogP contribution in [0.4, 0.5) is 5.69 Å². The lowest BCUT2D eigenvalue weighted by Crippen LogP contribution is -2.38. The second-order valence-corrected chi connectivity index (χ2v) is 7.23. The molecule has 0 fully saturated rings. The number of rotatable bonds is 5. The monoisotopic (exact) mass is 383 g/mol. The third kappa shape index (κ3) is 12.2. The largest absolute Gasteiger partial charge is 0.473 e. The zero-order valence-corrected chi connectivity index (χ0v) is 16.8. The minimum Gasteiger partial charge on any atom is -0.473 e. The van der Waals surface area contributed by atoms with Gasteiger partial charge in [-0.1, -0.05) is 6.07 Å². The molecule has 0 unspecified atom stereocenters. The third-order valence-corrected chi connectivity index (χ3v) is 3.49. The van der Waals surface area contributed by atoms with Gasteiger partial charge in [0.2, 0.25) is 0 Å². The number of nitrogens with one attached hydrogen (secondary N) is 3. The van der Waals surface area contributed by atoms with E-state index in [0.29, 0.717) is 5.11 Å². The molecule has 0 aliphatic carbocycles. The van der Waals surface area contributed by atoms with Crippen molar-refractivity contribution >= 4 is 35.0 Å². The molecule has 0 amide bonds. The minimum absolute atomic E-state index is 0.179. The molecule has 0 atom stereocenters. The van der Waals surface area contributed by atoms with Crippen LogP contribution in [0, 0.1) is 13.8 Å². The molecule has 0 radical (unpaired) electrons. The van der Waals surface area contributed by atoms with E-state index >= 15 is 0 Å². The number of aryl methyl sites for hydroxylation is 2. The molecule has 1 rings (SSSR count). The van der Waals surface area contributed by atoms with Gasteiger partial charge in [0, 0.05) is 17.8 Å². The summed E-state index contributed by atoms with van der Waals surface area (Å²) >= 11 is 5.29. The van der Waals surface area contributed by atoms with Gasteiger partial charge in [-0.25, -0.2) is 9.59 Å². The predicted octanol–water partition coefficient (Wildman–Crippen LogP) is 2.52.